The second-order valence-corrected chi connectivity index (χ2v) is 11.9. The lowest BCUT2D eigenvalue weighted by Crippen LogP contribution is -2.46. The summed E-state index contributed by atoms with van der Waals surface area (Å²) < 4.78 is 7.56. The van der Waals surface area contributed by atoms with Crippen molar-refractivity contribution in [2.75, 3.05) is 49.5 Å². The van der Waals surface area contributed by atoms with Crippen LogP contribution < -0.4 is 10.2 Å². The molecular weight excluding hydrogens is 518 g/mol. The molecule has 0 saturated carbocycles. The normalized spacial score (nSPS) is 22.4. The summed E-state index contributed by atoms with van der Waals surface area (Å²) in [7, 11) is 0. The van der Waals surface area contributed by atoms with Gasteiger partial charge in [0.05, 0.1) is 17.7 Å². The van der Waals surface area contributed by atoms with Crippen LogP contribution in [0.2, 0.25) is 0 Å². The highest BCUT2D eigenvalue weighted by Gasteiger charge is 2.28. The lowest BCUT2D eigenvalue weighted by atomic mass is 10.0. The molecule has 2 aromatic heterocycles. The molecule has 1 aromatic carbocycles. The molecular formula is C31H41N7O3. The number of hydrogen-bond acceptors (Lipinski definition) is 7. The molecule has 0 radical (unpaired) electrons. The van der Waals surface area contributed by atoms with Gasteiger partial charge in [-0.05, 0) is 89.4 Å². The molecule has 1 N–H and O–H groups in total. The van der Waals surface area contributed by atoms with Crippen LogP contribution in [0.1, 0.15) is 55.6 Å². The summed E-state index contributed by atoms with van der Waals surface area (Å²) in [6, 6.07) is 10.0. The van der Waals surface area contributed by atoms with E-state index in [0.717, 1.165) is 61.3 Å². The molecule has 3 aliphatic rings. The van der Waals surface area contributed by atoms with E-state index in [1.54, 1.807) is 10.7 Å². The van der Waals surface area contributed by atoms with Crippen molar-refractivity contribution in [3.05, 3.63) is 47.8 Å². The minimum absolute atomic E-state index is 0.107. The van der Waals surface area contributed by atoms with E-state index in [4.69, 9.17) is 4.74 Å². The molecule has 0 bridgehead atoms. The number of rotatable bonds is 6. The summed E-state index contributed by atoms with van der Waals surface area (Å²) >= 11 is 0. The van der Waals surface area contributed by atoms with Gasteiger partial charge < -0.3 is 24.8 Å². The molecule has 218 valence electrons. The fourth-order valence-corrected chi connectivity index (χ4v) is 6.55. The largest absolute Gasteiger partial charge is 0.372 e. The highest BCUT2D eigenvalue weighted by Crippen LogP contribution is 2.25. The number of carbonyl (C=O) groups excluding carboxylic acids is 2. The Balaban J connectivity index is 1.10. The number of aromatic nitrogens is 3. The van der Waals surface area contributed by atoms with Gasteiger partial charge >= 0.3 is 0 Å². The van der Waals surface area contributed by atoms with Crippen molar-refractivity contribution in [2.24, 2.45) is 0 Å². The summed E-state index contributed by atoms with van der Waals surface area (Å²) in [5, 5.41) is 8.57. The molecule has 3 aliphatic heterocycles. The third kappa shape index (κ3) is 6.23. The van der Waals surface area contributed by atoms with Gasteiger partial charge in [0.1, 0.15) is 18.1 Å². The highest BCUT2D eigenvalue weighted by atomic mass is 16.5. The molecule has 2 atom stereocenters. The number of anilines is 2. The van der Waals surface area contributed by atoms with Crippen molar-refractivity contribution in [1.82, 2.24) is 24.6 Å². The summed E-state index contributed by atoms with van der Waals surface area (Å²) in [6.07, 6.45) is 6.81. The third-order valence-corrected chi connectivity index (χ3v) is 8.63. The fraction of sp³-hybridized carbons (Fsp3) is 0.548. The molecule has 41 heavy (non-hydrogen) atoms. The number of likely N-dealkylation sites (tertiary alicyclic amines) is 2. The lowest BCUT2D eigenvalue weighted by Gasteiger charge is -2.36. The molecule has 3 saturated heterocycles. The van der Waals surface area contributed by atoms with Crippen LogP contribution in [0.25, 0.3) is 10.9 Å². The minimum atomic E-state index is -0.261. The standard InChI is InChI=1S/C31H41N7O3/c1-21-15-28-24(19-38(34-28)20-30(39)36-13-9-25(10-14-36)35-11-4-5-12-35)16-27(21)33-31(40)26-7-6-8-29(32-26)37-17-22(2)41-23(3)18-37/h6-8,15-16,19,22-23,25H,4-5,9-14,17-18,20H2,1-3H3,(H,33,40)/t22-,23?/m0/s1. The number of carbonyl (C=O) groups is 2. The molecule has 3 aromatic rings. The second kappa shape index (κ2) is 11.8. The molecule has 1 unspecified atom stereocenters. The first-order chi connectivity index (χ1) is 19.8. The Morgan fingerprint density at radius 3 is 2.49 bits per heavy atom. The van der Waals surface area contributed by atoms with Gasteiger partial charge in [-0.1, -0.05) is 6.07 Å². The van der Waals surface area contributed by atoms with Crippen molar-refractivity contribution in [3.8, 4) is 0 Å². The zero-order valence-corrected chi connectivity index (χ0v) is 24.4. The van der Waals surface area contributed by atoms with Crippen molar-refractivity contribution < 1.29 is 14.3 Å². The predicted octanol–water partition coefficient (Wildman–Crippen LogP) is 3.69. The number of aryl methyl sites for hydroxylation is 1. The first kappa shape index (κ1) is 27.7. The number of nitrogens with zero attached hydrogens (tertiary/aromatic N) is 6. The van der Waals surface area contributed by atoms with Crippen molar-refractivity contribution in [2.45, 2.75) is 71.2 Å². The van der Waals surface area contributed by atoms with Gasteiger partial charge in [-0.15, -0.1) is 0 Å². The molecule has 2 amide bonds. The molecule has 0 spiro atoms. The fourth-order valence-electron chi connectivity index (χ4n) is 6.55. The van der Waals surface area contributed by atoms with E-state index in [-0.39, 0.29) is 30.6 Å². The Morgan fingerprint density at radius 2 is 1.76 bits per heavy atom. The molecule has 6 rings (SSSR count). The smallest absolute Gasteiger partial charge is 0.274 e. The van der Waals surface area contributed by atoms with E-state index in [0.29, 0.717) is 17.4 Å². The zero-order valence-electron chi connectivity index (χ0n) is 24.4. The zero-order chi connectivity index (χ0) is 28.5. The first-order valence-electron chi connectivity index (χ1n) is 15.0. The van der Waals surface area contributed by atoms with Gasteiger partial charge in [0.25, 0.3) is 5.91 Å². The predicted molar refractivity (Wildman–Crippen MR) is 159 cm³/mol. The number of hydrogen-bond donors (Lipinski definition) is 1. The minimum Gasteiger partial charge on any atom is -0.372 e. The van der Waals surface area contributed by atoms with Crippen LogP contribution in [0, 0.1) is 6.92 Å². The van der Waals surface area contributed by atoms with Gasteiger partial charge in [-0.2, -0.15) is 5.10 Å². The van der Waals surface area contributed by atoms with Gasteiger partial charge in [-0.25, -0.2) is 4.98 Å². The summed E-state index contributed by atoms with van der Waals surface area (Å²) in [5.41, 5.74) is 2.77. The van der Waals surface area contributed by atoms with E-state index >= 15 is 0 Å². The van der Waals surface area contributed by atoms with Crippen molar-refractivity contribution >= 4 is 34.2 Å². The van der Waals surface area contributed by atoms with E-state index in [2.05, 4.69) is 25.2 Å². The van der Waals surface area contributed by atoms with Gasteiger partial charge in [0.15, 0.2) is 0 Å². The number of benzene rings is 1. The first-order valence-corrected chi connectivity index (χ1v) is 15.0. The number of nitrogens with one attached hydrogen (secondary N) is 1. The average molecular weight is 560 g/mol. The summed E-state index contributed by atoms with van der Waals surface area (Å²) in [5.74, 6) is 0.625. The monoisotopic (exact) mass is 559 g/mol. The van der Waals surface area contributed by atoms with Crippen LogP contribution in [0.4, 0.5) is 11.5 Å². The van der Waals surface area contributed by atoms with Gasteiger partial charge in [0.2, 0.25) is 5.91 Å². The number of morpholine rings is 1. The van der Waals surface area contributed by atoms with E-state index in [9.17, 15) is 9.59 Å². The van der Waals surface area contributed by atoms with Crippen molar-refractivity contribution in [3.63, 3.8) is 0 Å². The Bertz CT molecular complexity index is 1400. The number of amides is 2. The van der Waals surface area contributed by atoms with Crippen LogP contribution in [0.5, 0.6) is 0 Å². The summed E-state index contributed by atoms with van der Waals surface area (Å²) in [4.78, 5) is 37.7. The second-order valence-electron chi connectivity index (χ2n) is 11.9. The molecule has 5 heterocycles. The van der Waals surface area contributed by atoms with E-state index < -0.39 is 0 Å². The van der Waals surface area contributed by atoms with Crippen LogP contribution in [-0.2, 0) is 16.1 Å². The molecule has 10 heteroatoms. The number of fused-ring (bicyclic) bond motifs is 1. The van der Waals surface area contributed by atoms with E-state index in [1.165, 1.54) is 25.9 Å². The van der Waals surface area contributed by atoms with Crippen LogP contribution in [-0.4, -0.2) is 93.9 Å². The molecule has 3 fully saturated rings. The maximum Gasteiger partial charge on any atom is 0.274 e. The quantitative estimate of drug-likeness (QED) is 0.492. The Morgan fingerprint density at radius 1 is 1.02 bits per heavy atom. The SMILES string of the molecule is Cc1cc2nn(CC(=O)N3CCC(N4CCCC4)CC3)cc2cc1NC(=O)c1cccc(N2CC(C)O[C@@H](C)C2)n1. The molecule has 0 aliphatic carbocycles. The highest BCUT2D eigenvalue weighted by molar-refractivity contribution is 6.04. The van der Waals surface area contributed by atoms with Crippen LogP contribution >= 0.6 is 0 Å². The Labute approximate surface area is 241 Å². The average Bonchev–Trinajstić information content (AvgIpc) is 3.63. The third-order valence-electron chi connectivity index (χ3n) is 8.63. The number of piperidine rings is 1. The Kier molecular flexibility index (Phi) is 7.94. The van der Waals surface area contributed by atoms with E-state index in [1.807, 2.05) is 56.1 Å². The maximum atomic E-state index is 13.2. The van der Waals surface area contributed by atoms with Crippen LogP contribution in [0.15, 0.2) is 36.5 Å². The number of pyridine rings is 1. The number of ether oxygens (including phenoxy) is 1. The van der Waals surface area contributed by atoms with Crippen molar-refractivity contribution in [1.29, 1.82) is 0 Å². The lowest BCUT2D eigenvalue weighted by molar-refractivity contribution is -0.133. The Hall–Kier alpha value is -3.50. The molecule has 10 nitrogen and oxygen atoms in total. The van der Waals surface area contributed by atoms with Crippen LogP contribution in [0.3, 0.4) is 0 Å². The van der Waals surface area contributed by atoms with Gasteiger partial charge in [0, 0.05) is 49.5 Å². The topological polar surface area (TPSA) is 95.8 Å². The van der Waals surface area contributed by atoms with Gasteiger partial charge in [-0.3, -0.25) is 14.3 Å². The summed E-state index contributed by atoms with van der Waals surface area (Å²) in [6.45, 7) is 11.8. The maximum absolute atomic E-state index is 13.2.